The Morgan fingerprint density at radius 1 is 1.10 bits per heavy atom. The molecule has 0 radical (unpaired) electrons. The van der Waals surface area contributed by atoms with Gasteiger partial charge in [-0.25, -0.2) is 4.79 Å². The lowest BCUT2D eigenvalue weighted by Gasteiger charge is -2.14. The van der Waals surface area contributed by atoms with Crippen LogP contribution in [0.5, 0.6) is 0 Å². The molecule has 2 aromatic carbocycles. The van der Waals surface area contributed by atoms with Crippen LogP contribution in [0.2, 0.25) is 10.0 Å². The maximum absolute atomic E-state index is 13.0. The van der Waals surface area contributed by atoms with Gasteiger partial charge in [0.15, 0.2) is 0 Å². The van der Waals surface area contributed by atoms with Crippen molar-refractivity contribution in [2.45, 2.75) is 26.6 Å². The number of para-hydroxylation sites is 1. The van der Waals surface area contributed by atoms with E-state index in [1.165, 1.54) is 4.57 Å². The first-order valence-electron chi connectivity index (χ1n) is 9.43. The summed E-state index contributed by atoms with van der Waals surface area (Å²) in [6.45, 7) is 2.72. The molecule has 9 heteroatoms. The molecule has 1 aromatic heterocycles. The number of rotatable bonds is 8. The van der Waals surface area contributed by atoms with Crippen molar-refractivity contribution in [2.24, 2.45) is 0 Å². The Bertz CT molecular complexity index is 1190. The number of hydrogen-bond acceptors (Lipinski definition) is 4. The Hall–Kier alpha value is -2.61. The van der Waals surface area contributed by atoms with E-state index in [1.807, 2.05) is 6.92 Å². The molecule has 3 aromatic rings. The highest BCUT2D eigenvalue weighted by atomic mass is 35.5. The fourth-order valence-electron chi connectivity index (χ4n) is 3.08. The van der Waals surface area contributed by atoms with Crippen molar-refractivity contribution in [3.8, 4) is 0 Å². The third kappa shape index (κ3) is 4.92. The lowest BCUT2D eigenvalue weighted by molar-refractivity contribution is -0.121. The van der Waals surface area contributed by atoms with E-state index in [0.717, 1.165) is 4.57 Å². The monoisotopic (exact) mass is 449 g/mol. The Morgan fingerprint density at radius 2 is 1.87 bits per heavy atom. The van der Waals surface area contributed by atoms with Crippen LogP contribution in [0.4, 0.5) is 0 Å². The molecule has 3 rings (SSSR count). The first-order chi connectivity index (χ1) is 14.4. The van der Waals surface area contributed by atoms with E-state index in [0.29, 0.717) is 39.7 Å². The number of ether oxygens (including phenoxy) is 1. The van der Waals surface area contributed by atoms with Crippen LogP contribution < -0.4 is 16.6 Å². The van der Waals surface area contributed by atoms with Gasteiger partial charge in [-0.15, -0.1) is 0 Å². The normalized spacial score (nSPS) is 11.0. The molecule has 0 aliphatic carbocycles. The number of nitrogens with one attached hydrogen (secondary N) is 1. The number of hydrogen-bond donors (Lipinski definition) is 1. The van der Waals surface area contributed by atoms with Crippen LogP contribution in [0.3, 0.4) is 0 Å². The number of carbonyl (C=O) groups excluding carboxylic acids is 1. The molecule has 0 unspecified atom stereocenters. The van der Waals surface area contributed by atoms with Gasteiger partial charge in [-0.1, -0.05) is 41.4 Å². The number of amides is 1. The lowest BCUT2D eigenvalue weighted by Crippen LogP contribution is -2.44. The molecule has 0 saturated carbocycles. The number of benzene rings is 2. The van der Waals surface area contributed by atoms with Crippen LogP contribution in [0.25, 0.3) is 10.9 Å². The van der Waals surface area contributed by atoms with Crippen molar-refractivity contribution in [1.82, 2.24) is 14.5 Å². The summed E-state index contributed by atoms with van der Waals surface area (Å²) in [6.07, 6.45) is 0. The molecule has 158 valence electrons. The summed E-state index contributed by atoms with van der Waals surface area (Å²) >= 11 is 12.0. The molecule has 0 atom stereocenters. The Balaban J connectivity index is 1.86. The Morgan fingerprint density at radius 3 is 2.60 bits per heavy atom. The molecule has 30 heavy (non-hydrogen) atoms. The van der Waals surface area contributed by atoms with Crippen molar-refractivity contribution >= 4 is 40.0 Å². The van der Waals surface area contributed by atoms with E-state index in [-0.39, 0.29) is 13.1 Å². The predicted octanol–water partition coefficient (Wildman–Crippen LogP) is 2.82. The van der Waals surface area contributed by atoms with Crippen molar-refractivity contribution in [3.05, 3.63) is 78.9 Å². The van der Waals surface area contributed by atoms with E-state index in [4.69, 9.17) is 27.9 Å². The minimum atomic E-state index is -0.557. The predicted molar refractivity (Wildman–Crippen MR) is 117 cm³/mol. The molecule has 1 N–H and O–H groups in total. The van der Waals surface area contributed by atoms with Crippen LogP contribution in [-0.4, -0.2) is 28.3 Å². The van der Waals surface area contributed by atoms with Crippen molar-refractivity contribution < 1.29 is 9.53 Å². The second-order valence-electron chi connectivity index (χ2n) is 6.55. The van der Waals surface area contributed by atoms with Gasteiger partial charge in [0.2, 0.25) is 5.91 Å². The van der Waals surface area contributed by atoms with E-state index in [2.05, 4.69) is 5.32 Å². The van der Waals surface area contributed by atoms with E-state index in [1.54, 1.807) is 42.5 Å². The van der Waals surface area contributed by atoms with Crippen LogP contribution in [0, 0.1) is 0 Å². The highest BCUT2D eigenvalue weighted by Crippen LogP contribution is 2.20. The van der Waals surface area contributed by atoms with Gasteiger partial charge in [-0.05, 0) is 36.8 Å². The van der Waals surface area contributed by atoms with Gasteiger partial charge in [0.25, 0.3) is 5.56 Å². The molecule has 0 spiro atoms. The quantitative estimate of drug-likeness (QED) is 0.536. The van der Waals surface area contributed by atoms with E-state index in [9.17, 15) is 14.4 Å². The molecule has 0 fully saturated rings. The van der Waals surface area contributed by atoms with Crippen molar-refractivity contribution in [2.75, 3.05) is 13.2 Å². The van der Waals surface area contributed by atoms with Gasteiger partial charge in [-0.2, -0.15) is 0 Å². The lowest BCUT2D eigenvalue weighted by atomic mass is 10.2. The summed E-state index contributed by atoms with van der Waals surface area (Å²) in [5.74, 6) is -0.480. The first-order valence-corrected chi connectivity index (χ1v) is 10.2. The molecule has 1 heterocycles. The summed E-state index contributed by atoms with van der Waals surface area (Å²) in [4.78, 5) is 38.3. The van der Waals surface area contributed by atoms with Crippen LogP contribution in [0.15, 0.2) is 52.1 Å². The maximum Gasteiger partial charge on any atom is 0.332 e. The third-order valence-electron chi connectivity index (χ3n) is 4.59. The van der Waals surface area contributed by atoms with Gasteiger partial charge < -0.3 is 10.1 Å². The number of halogens is 2. The third-order valence-corrected chi connectivity index (χ3v) is 5.18. The van der Waals surface area contributed by atoms with Gasteiger partial charge in [-0.3, -0.25) is 18.7 Å². The molecular formula is C21H21Cl2N3O4. The van der Waals surface area contributed by atoms with Crippen LogP contribution >= 0.6 is 23.2 Å². The minimum absolute atomic E-state index is 0.149. The average molecular weight is 450 g/mol. The van der Waals surface area contributed by atoms with Gasteiger partial charge in [0, 0.05) is 23.2 Å². The van der Waals surface area contributed by atoms with E-state index < -0.39 is 23.7 Å². The zero-order chi connectivity index (χ0) is 21.7. The molecule has 1 amide bonds. The minimum Gasteiger partial charge on any atom is -0.380 e. The molecule has 0 bridgehead atoms. The van der Waals surface area contributed by atoms with Gasteiger partial charge >= 0.3 is 5.69 Å². The standard InChI is InChI=1S/C21H21Cl2N3O4/c1-2-30-10-9-25-18-6-4-3-5-16(18)20(28)26(21(25)29)13-19(27)24-12-14-7-8-15(22)11-17(14)23/h3-8,11H,2,9-10,12-13H2,1H3,(H,24,27). The highest BCUT2D eigenvalue weighted by Gasteiger charge is 2.15. The highest BCUT2D eigenvalue weighted by molar-refractivity contribution is 6.35. The maximum atomic E-state index is 13.0. The first kappa shape index (κ1) is 22.1. The summed E-state index contributed by atoms with van der Waals surface area (Å²) in [7, 11) is 0. The number of nitrogens with zero attached hydrogens (tertiary/aromatic N) is 2. The summed E-state index contributed by atoms with van der Waals surface area (Å²) in [5, 5.41) is 3.96. The van der Waals surface area contributed by atoms with Gasteiger partial charge in [0.1, 0.15) is 6.54 Å². The number of fused-ring (bicyclic) bond motifs is 1. The molecule has 0 aliphatic rings. The zero-order valence-electron chi connectivity index (χ0n) is 16.4. The summed E-state index contributed by atoms with van der Waals surface area (Å²) in [6, 6.07) is 11.8. The largest absolute Gasteiger partial charge is 0.380 e. The summed E-state index contributed by atoms with van der Waals surface area (Å²) < 4.78 is 7.74. The number of carbonyl (C=O) groups is 1. The Kier molecular flexibility index (Phi) is 7.31. The number of aromatic nitrogens is 2. The van der Waals surface area contributed by atoms with Crippen molar-refractivity contribution in [3.63, 3.8) is 0 Å². The molecule has 0 saturated heterocycles. The molecule has 0 aliphatic heterocycles. The molecule has 7 nitrogen and oxygen atoms in total. The van der Waals surface area contributed by atoms with E-state index >= 15 is 0 Å². The molecular weight excluding hydrogens is 429 g/mol. The van der Waals surface area contributed by atoms with Crippen LogP contribution in [0.1, 0.15) is 12.5 Å². The fourth-order valence-corrected chi connectivity index (χ4v) is 3.56. The second kappa shape index (κ2) is 9.93. The summed E-state index contributed by atoms with van der Waals surface area (Å²) in [5.41, 5.74) is 0.118. The topological polar surface area (TPSA) is 82.3 Å². The zero-order valence-corrected chi connectivity index (χ0v) is 17.9. The van der Waals surface area contributed by atoms with Crippen molar-refractivity contribution in [1.29, 1.82) is 0 Å². The smallest absolute Gasteiger partial charge is 0.332 e. The fraction of sp³-hybridized carbons (Fsp3) is 0.286. The second-order valence-corrected chi connectivity index (χ2v) is 7.40. The SMILES string of the molecule is CCOCCn1c(=O)n(CC(=O)NCc2ccc(Cl)cc2Cl)c(=O)c2ccccc21. The van der Waals surface area contributed by atoms with Gasteiger partial charge in [0.05, 0.1) is 24.1 Å². The Labute approximate surface area is 182 Å². The van der Waals surface area contributed by atoms with Crippen LogP contribution in [-0.2, 0) is 29.2 Å². The average Bonchev–Trinajstić information content (AvgIpc) is 2.73.